The second kappa shape index (κ2) is 4.28. The van der Waals surface area contributed by atoms with E-state index in [1.54, 1.807) is 0 Å². The second-order valence-electron chi connectivity index (χ2n) is 4.43. The summed E-state index contributed by atoms with van der Waals surface area (Å²) in [6.07, 6.45) is 0. The minimum Gasteiger partial charge on any atom is -0.316 e. The van der Waals surface area contributed by atoms with Gasteiger partial charge in [-0.25, -0.2) is 4.98 Å². The van der Waals surface area contributed by atoms with Gasteiger partial charge in [0.25, 0.3) is 0 Å². The van der Waals surface area contributed by atoms with Crippen molar-refractivity contribution >= 4 is 11.6 Å². The Balaban J connectivity index is 3.01. The number of aromatic nitrogens is 1. The highest BCUT2D eigenvalue weighted by Crippen LogP contribution is 2.23. The predicted molar refractivity (Wildman–Crippen MR) is 60.7 cm³/mol. The van der Waals surface area contributed by atoms with Gasteiger partial charge < -0.3 is 5.32 Å². The van der Waals surface area contributed by atoms with E-state index in [0.29, 0.717) is 5.15 Å². The molecule has 0 aliphatic rings. The van der Waals surface area contributed by atoms with Gasteiger partial charge >= 0.3 is 0 Å². The Bertz CT molecular complexity index is 316. The third kappa shape index (κ3) is 2.69. The SMILES string of the molecule is CNCc1ccc(C(C)(C)C)nc1Cl. The molecule has 0 saturated carbocycles. The van der Waals surface area contributed by atoms with E-state index in [9.17, 15) is 0 Å². The Labute approximate surface area is 90.7 Å². The van der Waals surface area contributed by atoms with Crippen LogP contribution in [0, 0.1) is 0 Å². The van der Waals surface area contributed by atoms with Gasteiger partial charge in [0, 0.05) is 23.2 Å². The molecule has 0 amide bonds. The van der Waals surface area contributed by atoms with Crippen LogP contribution in [0.5, 0.6) is 0 Å². The molecule has 1 aromatic rings. The lowest BCUT2D eigenvalue weighted by Gasteiger charge is -2.18. The first-order valence-electron chi connectivity index (χ1n) is 4.75. The molecule has 0 aromatic carbocycles. The zero-order chi connectivity index (χ0) is 10.8. The Morgan fingerprint density at radius 3 is 2.43 bits per heavy atom. The van der Waals surface area contributed by atoms with Gasteiger partial charge in [-0.15, -0.1) is 0 Å². The van der Waals surface area contributed by atoms with Gasteiger partial charge in [0.2, 0.25) is 0 Å². The second-order valence-corrected chi connectivity index (χ2v) is 4.78. The van der Waals surface area contributed by atoms with Crippen LogP contribution in [0.3, 0.4) is 0 Å². The number of pyridine rings is 1. The summed E-state index contributed by atoms with van der Waals surface area (Å²) in [5, 5.41) is 3.66. The lowest BCUT2D eigenvalue weighted by atomic mass is 9.91. The molecular formula is C11H17ClN2. The van der Waals surface area contributed by atoms with Crippen LogP contribution >= 0.6 is 11.6 Å². The third-order valence-corrected chi connectivity index (χ3v) is 2.39. The van der Waals surface area contributed by atoms with Crippen molar-refractivity contribution in [2.24, 2.45) is 0 Å². The summed E-state index contributed by atoms with van der Waals surface area (Å²) in [5.41, 5.74) is 2.13. The standard InChI is InChI=1S/C11H17ClN2/c1-11(2,3)9-6-5-8(7-13-4)10(12)14-9/h5-6,13H,7H2,1-4H3. The van der Waals surface area contributed by atoms with Gasteiger partial charge in [-0.1, -0.05) is 38.4 Å². The van der Waals surface area contributed by atoms with E-state index in [1.807, 2.05) is 19.2 Å². The number of nitrogens with zero attached hydrogens (tertiary/aromatic N) is 1. The van der Waals surface area contributed by atoms with Crippen molar-refractivity contribution in [2.45, 2.75) is 32.7 Å². The number of hydrogen-bond donors (Lipinski definition) is 1. The molecule has 1 heterocycles. The molecule has 0 radical (unpaired) electrons. The van der Waals surface area contributed by atoms with E-state index < -0.39 is 0 Å². The summed E-state index contributed by atoms with van der Waals surface area (Å²) in [6.45, 7) is 7.15. The average Bonchev–Trinajstić information content (AvgIpc) is 2.07. The fourth-order valence-corrected chi connectivity index (χ4v) is 1.42. The molecule has 3 heteroatoms. The van der Waals surface area contributed by atoms with Crippen molar-refractivity contribution < 1.29 is 0 Å². The van der Waals surface area contributed by atoms with Crippen LogP contribution in [0.15, 0.2) is 12.1 Å². The fraction of sp³-hybridized carbons (Fsp3) is 0.545. The van der Waals surface area contributed by atoms with Gasteiger partial charge in [0.15, 0.2) is 0 Å². The molecule has 2 nitrogen and oxygen atoms in total. The molecule has 0 aliphatic carbocycles. The lowest BCUT2D eigenvalue weighted by molar-refractivity contribution is 0.568. The van der Waals surface area contributed by atoms with E-state index in [1.165, 1.54) is 0 Å². The largest absolute Gasteiger partial charge is 0.316 e. The molecule has 0 unspecified atom stereocenters. The van der Waals surface area contributed by atoms with Crippen LogP contribution in [-0.2, 0) is 12.0 Å². The van der Waals surface area contributed by atoms with Crippen LogP contribution in [-0.4, -0.2) is 12.0 Å². The quantitative estimate of drug-likeness (QED) is 0.763. The first-order chi connectivity index (χ1) is 6.45. The number of rotatable bonds is 2. The minimum atomic E-state index is 0.0574. The smallest absolute Gasteiger partial charge is 0.133 e. The van der Waals surface area contributed by atoms with Crippen molar-refractivity contribution in [3.8, 4) is 0 Å². The lowest BCUT2D eigenvalue weighted by Crippen LogP contribution is -2.15. The summed E-state index contributed by atoms with van der Waals surface area (Å²) in [6, 6.07) is 4.07. The highest BCUT2D eigenvalue weighted by molar-refractivity contribution is 6.30. The molecule has 0 saturated heterocycles. The first kappa shape index (κ1) is 11.5. The van der Waals surface area contributed by atoms with Crippen LogP contribution in [0.2, 0.25) is 5.15 Å². The van der Waals surface area contributed by atoms with Gasteiger partial charge in [-0.2, -0.15) is 0 Å². The number of halogens is 1. The van der Waals surface area contributed by atoms with Crippen LogP contribution in [0.4, 0.5) is 0 Å². The van der Waals surface area contributed by atoms with Crippen molar-refractivity contribution in [3.63, 3.8) is 0 Å². The summed E-state index contributed by atoms with van der Waals surface area (Å²) < 4.78 is 0. The third-order valence-electron chi connectivity index (χ3n) is 2.06. The maximum Gasteiger partial charge on any atom is 0.133 e. The van der Waals surface area contributed by atoms with E-state index >= 15 is 0 Å². The molecule has 0 spiro atoms. The normalized spacial score (nSPS) is 11.8. The highest BCUT2D eigenvalue weighted by atomic mass is 35.5. The molecule has 1 N–H and O–H groups in total. The molecular weight excluding hydrogens is 196 g/mol. The zero-order valence-corrected chi connectivity index (χ0v) is 9.94. The van der Waals surface area contributed by atoms with Crippen molar-refractivity contribution in [1.82, 2.24) is 10.3 Å². The Hall–Kier alpha value is -0.600. The van der Waals surface area contributed by atoms with Gasteiger partial charge in [0.1, 0.15) is 5.15 Å². The molecule has 1 aromatic heterocycles. The molecule has 0 fully saturated rings. The van der Waals surface area contributed by atoms with E-state index in [-0.39, 0.29) is 5.41 Å². The maximum absolute atomic E-state index is 6.06. The predicted octanol–water partition coefficient (Wildman–Crippen LogP) is 2.75. The molecule has 1 rings (SSSR count). The van der Waals surface area contributed by atoms with Gasteiger partial charge in [-0.05, 0) is 13.1 Å². The number of nitrogens with one attached hydrogen (secondary N) is 1. The van der Waals surface area contributed by atoms with E-state index in [4.69, 9.17) is 11.6 Å². The summed E-state index contributed by atoms with van der Waals surface area (Å²) in [7, 11) is 1.90. The van der Waals surface area contributed by atoms with Gasteiger partial charge in [-0.3, -0.25) is 0 Å². The van der Waals surface area contributed by atoms with Crippen LogP contribution in [0.1, 0.15) is 32.0 Å². The zero-order valence-electron chi connectivity index (χ0n) is 9.19. The van der Waals surface area contributed by atoms with Gasteiger partial charge in [0.05, 0.1) is 0 Å². The summed E-state index contributed by atoms with van der Waals surface area (Å²) >= 11 is 6.06. The fourth-order valence-electron chi connectivity index (χ4n) is 1.20. The highest BCUT2D eigenvalue weighted by Gasteiger charge is 2.16. The molecule has 0 bridgehead atoms. The van der Waals surface area contributed by atoms with Crippen molar-refractivity contribution in [3.05, 3.63) is 28.5 Å². The minimum absolute atomic E-state index is 0.0574. The Morgan fingerprint density at radius 1 is 1.36 bits per heavy atom. The van der Waals surface area contributed by atoms with E-state index in [2.05, 4.69) is 31.1 Å². The summed E-state index contributed by atoms with van der Waals surface area (Å²) in [4.78, 5) is 4.39. The molecule has 0 aliphatic heterocycles. The monoisotopic (exact) mass is 212 g/mol. The van der Waals surface area contributed by atoms with Crippen molar-refractivity contribution in [2.75, 3.05) is 7.05 Å². The molecule has 0 atom stereocenters. The Morgan fingerprint density at radius 2 is 2.00 bits per heavy atom. The Kier molecular flexibility index (Phi) is 3.51. The van der Waals surface area contributed by atoms with Crippen molar-refractivity contribution in [1.29, 1.82) is 0 Å². The number of hydrogen-bond acceptors (Lipinski definition) is 2. The van der Waals surface area contributed by atoms with Crippen LogP contribution in [0.25, 0.3) is 0 Å². The topological polar surface area (TPSA) is 24.9 Å². The van der Waals surface area contributed by atoms with E-state index in [0.717, 1.165) is 17.8 Å². The average molecular weight is 213 g/mol. The first-order valence-corrected chi connectivity index (χ1v) is 5.13. The van der Waals surface area contributed by atoms with Crippen LogP contribution < -0.4 is 5.32 Å². The molecule has 14 heavy (non-hydrogen) atoms. The maximum atomic E-state index is 6.06. The molecule has 78 valence electrons. The summed E-state index contributed by atoms with van der Waals surface area (Å²) in [5.74, 6) is 0.